The van der Waals surface area contributed by atoms with Crippen molar-refractivity contribution in [3.63, 3.8) is 0 Å². The maximum Gasteiger partial charge on any atom is 0.123 e. The number of aliphatic hydroxyl groups excluding tert-OH is 1. The molecular formula is C27H27F3N2O. The van der Waals surface area contributed by atoms with Crippen LogP contribution in [0.5, 0.6) is 0 Å². The summed E-state index contributed by atoms with van der Waals surface area (Å²) in [7, 11) is 0. The summed E-state index contributed by atoms with van der Waals surface area (Å²) < 4.78 is 40.7. The first-order valence-corrected chi connectivity index (χ1v) is 11.5. The molecule has 6 heteroatoms. The van der Waals surface area contributed by atoms with Gasteiger partial charge in [-0.15, -0.1) is 0 Å². The SMILES string of the molecule is OC(CCCN1CC[C@H]2[C@@H](C1)c1cc(F)ccc1N2c1ccc(F)cc1)c1ccc(F)cc1. The number of hydrogen-bond donors (Lipinski definition) is 1. The Kier molecular flexibility index (Phi) is 6.13. The van der Waals surface area contributed by atoms with Gasteiger partial charge in [0.2, 0.25) is 0 Å². The van der Waals surface area contributed by atoms with Gasteiger partial charge in [-0.05, 0) is 91.5 Å². The van der Waals surface area contributed by atoms with E-state index in [9.17, 15) is 18.3 Å². The van der Waals surface area contributed by atoms with Gasteiger partial charge in [-0.3, -0.25) is 0 Å². The Bertz CT molecular complexity index is 1100. The Morgan fingerprint density at radius 3 is 2.27 bits per heavy atom. The van der Waals surface area contributed by atoms with Crippen molar-refractivity contribution >= 4 is 11.4 Å². The predicted molar refractivity (Wildman–Crippen MR) is 123 cm³/mol. The number of anilines is 2. The summed E-state index contributed by atoms with van der Waals surface area (Å²) in [5, 5.41) is 10.4. The Balaban J connectivity index is 1.27. The van der Waals surface area contributed by atoms with Crippen molar-refractivity contribution in [1.82, 2.24) is 4.90 Å². The highest BCUT2D eigenvalue weighted by atomic mass is 19.1. The summed E-state index contributed by atoms with van der Waals surface area (Å²) in [6.45, 7) is 2.55. The molecule has 0 amide bonds. The van der Waals surface area contributed by atoms with E-state index in [2.05, 4.69) is 9.80 Å². The monoisotopic (exact) mass is 452 g/mol. The van der Waals surface area contributed by atoms with Gasteiger partial charge in [0, 0.05) is 36.4 Å². The molecular weight excluding hydrogens is 425 g/mol. The van der Waals surface area contributed by atoms with Crippen LogP contribution in [0.3, 0.4) is 0 Å². The van der Waals surface area contributed by atoms with E-state index >= 15 is 0 Å². The molecule has 3 aromatic rings. The highest BCUT2D eigenvalue weighted by Gasteiger charge is 2.42. The molecule has 33 heavy (non-hydrogen) atoms. The zero-order valence-electron chi connectivity index (χ0n) is 18.3. The molecule has 0 radical (unpaired) electrons. The molecule has 0 bridgehead atoms. The maximum atomic E-state index is 14.1. The van der Waals surface area contributed by atoms with Crippen LogP contribution in [0.1, 0.15) is 42.4 Å². The van der Waals surface area contributed by atoms with Crippen LogP contribution < -0.4 is 4.90 Å². The number of halogens is 3. The van der Waals surface area contributed by atoms with E-state index in [4.69, 9.17) is 0 Å². The zero-order valence-corrected chi connectivity index (χ0v) is 18.3. The first-order valence-electron chi connectivity index (χ1n) is 11.5. The smallest absolute Gasteiger partial charge is 0.123 e. The van der Waals surface area contributed by atoms with Crippen molar-refractivity contribution in [2.24, 2.45) is 0 Å². The van der Waals surface area contributed by atoms with Gasteiger partial charge in [-0.2, -0.15) is 0 Å². The average molecular weight is 453 g/mol. The highest BCUT2D eigenvalue weighted by molar-refractivity contribution is 5.73. The van der Waals surface area contributed by atoms with Crippen LogP contribution in [0.15, 0.2) is 66.7 Å². The Labute approximate surface area is 192 Å². The minimum atomic E-state index is -0.613. The van der Waals surface area contributed by atoms with Gasteiger partial charge in [-0.1, -0.05) is 12.1 Å². The fraction of sp³-hybridized carbons (Fsp3) is 0.333. The van der Waals surface area contributed by atoms with Gasteiger partial charge >= 0.3 is 0 Å². The lowest BCUT2D eigenvalue weighted by molar-refractivity contribution is 0.145. The number of aliphatic hydroxyl groups is 1. The fourth-order valence-corrected chi connectivity index (χ4v) is 5.34. The van der Waals surface area contributed by atoms with E-state index in [-0.39, 0.29) is 29.4 Å². The molecule has 1 saturated heterocycles. The topological polar surface area (TPSA) is 26.7 Å². The molecule has 0 spiro atoms. The molecule has 172 valence electrons. The molecule has 0 aliphatic carbocycles. The minimum Gasteiger partial charge on any atom is -0.388 e. The predicted octanol–water partition coefficient (Wildman–Crippen LogP) is 5.93. The van der Waals surface area contributed by atoms with Gasteiger partial charge < -0.3 is 14.9 Å². The molecule has 3 aromatic carbocycles. The Morgan fingerprint density at radius 1 is 0.879 bits per heavy atom. The average Bonchev–Trinajstić information content (AvgIpc) is 3.13. The molecule has 1 unspecified atom stereocenters. The van der Waals surface area contributed by atoms with Crippen LogP contribution in [-0.4, -0.2) is 35.7 Å². The van der Waals surface area contributed by atoms with Crippen molar-refractivity contribution in [3.8, 4) is 0 Å². The van der Waals surface area contributed by atoms with E-state index in [1.807, 2.05) is 6.07 Å². The lowest BCUT2D eigenvalue weighted by Gasteiger charge is -2.39. The van der Waals surface area contributed by atoms with E-state index in [0.717, 1.165) is 55.0 Å². The van der Waals surface area contributed by atoms with Gasteiger partial charge in [0.15, 0.2) is 0 Å². The first-order chi connectivity index (χ1) is 16.0. The van der Waals surface area contributed by atoms with Crippen molar-refractivity contribution in [2.45, 2.75) is 37.3 Å². The molecule has 2 aliphatic heterocycles. The van der Waals surface area contributed by atoms with Crippen molar-refractivity contribution in [3.05, 3.63) is 95.3 Å². The minimum absolute atomic E-state index is 0.163. The number of piperidine rings is 1. The number of benzene rings is 3. The molecule has 3 nitrogen and oxygen atoms in total. The molecule has 3 atom stereocenters. The number of likely N-dealkylation sites (tertiary alicyclic amines) is 1. The summed E-state index contributed by atoms with van der Waals surface area (Å²) in [6, 6.07) is 17.6. The molecule has 0 aromatic heterocycles. The van der Waals surface area contributed by atoms with Gasteiger partial charge in [-0.25, -0.2) is 13.2 Å². The van der Waals surface area contributed by atoms with Gasteiger partial charge in [0.25, 0.3) is 0 Å². The summed E-state index contributed by atoms with van der Waals surface area (Å²) in [4.78, 5) is 4.61. The Morgan fingerprint density at radius 2 is 1.55 bits per heavy atom. The molecule has 1 N–H and O–H groups in total. The number of nitrogens with zero attached hydrogens (tertiary/aromatic N) is 2. The molecule has 0 saturated carbocycles. The molecule has 1 fully saturated rings. The summed E-state index contributed by atoms with van der Waals surface area (Å²) >= 11 is 0. The van der Waals surface area contributed by atoms with E-state index < -0.39 is 6.10 Å². The van der Waals surface area contributed by atoms with Crippen molar-refractivity contribution in [2.75, 3.05) is 24.5 Å². The second-order valence-electron chi connectivity index (χ2n) is 9.02. The van der Waals surface area contributed by atoms with Crippen molar-refractivity contribution < 1.29 is 18.3 Å². The standard InChI is InChI=1S/C27H27F3N2O/c28-19-5-3-18(4-6-19)27(33)2-1-14-31-15-13-26-24(17-31)23-16-21(30)9-12-25(23)32(26)22-10-7-20(29)8-11-22/h3-12,16,24,26-27,33H,1-2,13-15,17H2/t24-,26-,27?/m0/s1. The third kappa shape index (κ3) is 4.50. The maximum absolute atomic E-state index is 14.1. The largest absolute Gasteiger partial charge is 0.388 e. The molecule has 5 rings (SSSR count). The van der Waals surface area contributed by atoms with Crippen LogP contribution in [0.25, 0.3) is 0 Å². The third-order valence-electron chi connectivity index (χ3n) is 6.95. The third-order valence-corrected chi connectivity index (χ3v) is 6.95. The number of rotatable bonds is 6. The molecule has 2 heterocycles. The number of hydrogen-bond acceptors (Lipinski definition) is 3. The van der Waals surface area contributed by atoms with Crippen molar-refractivity contribution in [1.29, 1.82) is 0 Å². The van der Waals surface area contributed by atoms with Crippen LogP contribution in [0.2, 0.25) is 0 Å². The van der Waals surface area contributed by atoms with Crippen LogP contribution >= 0.6 is 0 Å². The first kappa shape index (κ1) is 22.0. The second kappa shape index (κ2) is 9.20. The van der Waals surface area contributed by atoms with E-state index in [1.165, 1.54) is 30.3 Å². The normalized spacial score (nSPS) is 21.0. The zero-order chi connectivity index (χ0) is 22.9. The summed E-state index contributed by atoms with van der Waals surface area (Å²) in [5.41, 5.74) is 3.64. The Hall–Kier alpha value is -2.83. The van der Waals surface area contributed by atoms with Crippen LogP contribution in [-0.2, 0) is 0 Å². The lowest BCUT2D eigenvalue weighted by Crippen LogP contribution is -2.45. The highest BCUT2D eigenvalue weighted by Crippen LogP contribution is 2.48. The van der Waals surface area contributed by atoms with Crippen LogP contribution in [0.4, 0.5) is 24.5 Å². The molecule has 2 aliphatic rings. The summed E-state index contributed by atoms with van der Waals surface area (Å²) in [5.74, 6) is -0.659. The van der Waals surface area contributed by atoms with Gasteiger partial charge in [0.05, 0.1) is 6.10 Å². The van der Waals surface area contributed by atoms with E-state index in [1.54, 1.807) is 30.3 Å². The lowest BCUT2D eigenvalue weighted by atomic mass is 9.88. The fourth-order valence-electron chi connectivity index (χ4n) is 5.34. The quantitative estimate of drug-likeness (QED) is 0.502. The number of fused-ring (bicyclic) bond motifs is 3. The second-order valence-corrected chi connectivity index (χ2v) is 9.02. The van der Waals surface area contributed by atoms with Gasteiger partial charge in [0.1, 0.15) is 17.5 Å². The summed E-state index contributed by atoms with van der Waals surface area (Å²) in [6.07, 6.45) is 1.72. The van der Waals surface area contributed by atoms with E-state index in [0.29, 0.717) is 6.42 Å². The van der Waals surface area contributed by atoms with Crippen LogP contribution in [0, 0.1) is 17.5 Å².